The minimum Gasteiger partial charge on any atom is -0.748 e. The van der Waals surface area contributed by atoms with E-state index in [0.717, 1.165) is 144 Å². The van der Waals surface area contributed by atoms with Crippen molar-refractivity contribution in [2.24, 2.45) is 5.73 Å². The summed E-state index contributed by atoms with van der Waals surface area (Å²) in [5.74, 6) is -1.76. The van der Waals surface area contributed by atoms with E-state index < -0.39 is 97.5 Å². The molecule has 0 aromatic heterocycles. The van der Waals surface area contributed by atoms with Crippen molar-refractivity contribution >= 4 is 141 Å². The summed E-state index contributed by atoms with van der Waals surface area (Å²) in [7, 11) is -17.3. The van der Waals surface area contributed by atoms with Crippen LogP contribution in [-0.2, 0) is 99.0 Å². The summed E-state index contributed by atoms with van der Waals surface area (Å²) in [6.07, 6.45) is 30.3. The molecule has 0 atom stereocenters. The van der Waals surface area contributed by atoms with Crippen LogP contribution in [0.25, 0.3) is 43.1 Å². The number of carbonyl (C=O) groups excluding carboxylic acids is 4. The number of nitrogens with zero attached hydrogens (tertiary/aromatic N) is 5. The van der Waals surface area contributed by atoms with Gasteiger partial charge in [-0.25, -0.2) is 38.5 Å². The first-order chi connectivity index (χ1) is 68.6. The molecular weight excluding hydrogens is 1950 g/mol. The Morgan fingerprint density at radius 1 is 0.404 bits per heavy atom. The predicted octanol–water partition coefficient (Wildman–Crippen LogP) is 13.7. The van der Waals surface area contributed by atoms with Gasteiger partial charge in [0.15, 0.2) is 11.4 Å². The molecule has 32 heteroatoms. The quantitative estimate of drug-likeness (QED) is 0.00893. The van der Waals surface area contributed by atoms with Crippen LogP contribution in [0.4, 0.5) is 22.7 Å². The molecular formula is C114H133N7Na2O19S4. The van der Waals surface area contributed by atoms with E-state index in [4.69, 9.17) is 20.0 Å². The summed E-state index contributed by atoms with van der Waals surface area (Å²) < 4.78 is 154. The summed E-state index contributed by atoms with van der Waals surface area (Å²) >= 11 is 0. The summed E-state index contributed by atoms with van der Waals surface area (Å²) in [4.78, 5) is 57.5. The van der Waals surface area contributed by atoms with Gasteiger partial charge in [-0.05, 0) is 250 Å². The first-order valence-electron chi connectivity index (χ1n) is 49.9. The number of carbonyl (C=O) groups is 4. The fourth-order valence-electron chi connectivity index (χ4n) is 20.4. The molecule has 3 N–H and O–H groups in total. The Hall–Kier alpha value is -10.1. The minimum atomic E-state index is -4.36. The zero-order valence-electron chi connectivity index (χ0n) is 85.6. The Kier molecular flexibility index (Phi) is 41.7. The molecule has 5 aliphatic heterocycles. The van der Waals surface area contributed by atoms with Gasteiger partial charge in [-0.15, -0.1) is 5.06 Å². The fourth-order valence-corrected chi connectivity index (χ4v) is 22.7. The Morgan fingerprint density at radius 3 is 1.20 bits per heavy atom. The van der Waals surface area contributed by atoms with Gasteiger partial charge in [0.1, 0.15) is 24.6 Å². The Morgan fingerprint density at radius 2 is 0.781 bits per heavy atom. The second kappa shape index (κ2) is 52.4. The fraction of sp³-hybridized carbons (Fsp3) is 0.386. The Bertz CT molecular complexity index is 7110. The summed E-state index contributed by atoms with van der Waals surface area (Å²) in [6, 6.07) is 65.9. The first kappa shape index (κ1) is 116. The molecule has 26 nitrogen and oxygen atoms in total. The Labute approximate surface area is 905 Å². The topological polar surface area (TPSA) is 379 Å². The number of benzene rings is 10. The molecule has 0 spiro atoms. The van der Waals surface area contributed by atoms with Crippen molar-refractivity contribution in [1.82, 2.24) is 10.4 Å². The molecule has 764 valence electrons. The van der Waals surface area contributed by atoms with Crippen LogP contribution < -0.4 is 89.4 Å². The van der Waals surface area contributed by atoms with Crippen molar-refractivity contribution in [3.63, 3.8) is 0 Å². The van der Waals surface area contributed by atoms with E-state index in [1.54, 1.807) is 0 Å². The van der Waals surface area contributed by atoms with Crippen molar-refractivity contribution in [2.75, 3.05) is 85.3 Å². The number of nitrogens with two attached hydrogens (primary N) is 1. The van der Waals surface area contributed by atoms with Crippen LogP contribution in [0.15, 0.2) is 266 Å². The molecule has 3 amide bonds. The van der Waals surface area contributed by atoms with E-state index in [2.05, 4.69) is 213 Å². The van der Waals surface area contributed by atoms with Crippen LogP contribution in [0.1, 0.15) is 204 Å². The largest absolute Gasteiger partial charge is 1.00 e. The van der Waals surface area contributed by atoms with Gasteiger partial charge < -0.3 is 53.4 Å². The third-order valence-electron chi connectivity index (χ3n) is 27.4. The van der Waals surface area contributed by atoms with Crippen molar-refractivity contribution in [3.05, 3.63) is 300 Å². The predicted molar refractivity (Wildman–Crippen MR) is 568 cm³/mol. The summed E-state index contributed by atoms with van der Waals surface area (Å²) in [5, 5.41) is 12.3. The van der Waals surface area contributed by atoms with Gasteiger partial charge >= 0.3 is 65.1 Å². The molecule has 1 saturated heterocycles. The molecule has 0 aliphatic carbocycles. The number of hydrogen-bond donors (Lipinski definition) is 2. The van der Waals surface area contributed by atoms with Crippen molar-refractivity contribution in [3.8, 4) is 11.5 Å². The molecule has 0 bridgehead atoms. The number of hydrogen-bond acceptors (Lipinski definition) is 22. The van der Waals surface area contributed by atoms with E-state index in [-0.39, 0.29) is 115 Å². The van der Waals surface area contributed by atoms with Gasteiger partial charge in [-0.2, -0.15) is 9.15 Å². The van der Waals surface area contributed by atoms with Gasteiger partial charge in [-0.3, -0.25) is 14.4 Å². The van der Waals surface area contributed by atoms with Gasteiger partial charge in [0.2, 0.25) is 17.3 Å². The molecule has 10 aromatic carbocycles. The molecule has 5 heterocycles. The van der Waals surface area contributed by atoms with E-state index in [9.17, 15) is 71.1 Å². The molecule has 0 saturated carbocycles. The van der Waals surface area contributed by atoms with E-state index >= 15 is 0 Å². The molecule has 5 aliphatic rings. The molecule has 10 aromatic rings. The van der Waals surface area contributed by atoms with Gasteiger partial charge in [0, 0.05) is 150 Å². The van der Waals surface area contributed by atoms with Crippen LogP contribution in [0.3, 0.4) is 0 Å². The number of nitrogens with one attached hydrogen (secondary N) is 1. The SMILES string of the molecule is CC1(C)C(=CC=CC=CC2=[N+](CCCCS(=O)(=O)[O-])c3ccc4ccc(OCCCCCC(=O)NCCc5ccccc5)cc4c3C2(C)C)N(CCCCS(=O)(=O)[O-])c2ccc3ccccc3c21.CC1(C)C(=CC=CC=CC2=[N+](CCCCS(=O)(=O)[O-])c3ccc4ccc(OCCCCCC(=O)ON5C(=O)CCC5=O)cc4c3C2(C)C)N(CCCCS(=O)(=O)[O-])c2ccc3ccccc3c21.NCCc1ccccc1.[Na+].[Na+]. The number of imide groups is 1. The first-order valence-corrected chi connectivity index (χ1v) is 56.2. The smallest absolute Gasteiger partial charge is 0.748 e. The molecule has 0 unspecified atom stereocenters. The van der Waals surface area contributed by atoms with E-state index in [0.29, 0.717) is 108 Å². The number of allylic oxidation sites excluding steroid dienone is 12. The normalized spacial score (nSPS) is 16.2. The number of fused-ring (bicyclic) bond motifs is 12. The maximum atomic E-state index is 12.4. The summed E-state index contributed by atoms with van der Waals surface area (Å²) in [6.45, 7) is 21.9. The molecule has 1 fully saturated rings. The monoisotopic (exact) mass is 2080 g/mol. The van der Waals surface area contributed by atoms with Crippen molar-refractivity contribution in [2.45, 2.75) is 205 Å². The number of anilines is 2. The number of ether oxygens (including phenoxy) is 2. The van der Waals surface area contributed by atoms with Crippen LogP contribution in [-0.4, -0.2) is 177 Å². The molecule has 0 radical (unpaired) electrons. The van der Waals surface area contributed by atoms with E-state index in [1.807, 2.05) is 121 Å². The van der Waals surface area contributed by atoms with Crippen LogP contribution in [0, 0.1) is 0 Å². The second-order valence-electron chi connectivity index (χ2n) is 39.4. The van der Waals surface area contributed by atoms with Crippen molar-refractivity contribution in [1.29, 1.82) is 0 Å². The van der Waals surface area contributed by atoms with Crippen LogP contribution >= 0.6 is 0 Å². The number of unbranched alkanes of at least 4 members (excludes halogenated alkanes) is 8. The minimum absolute atomic E-state index is 0. The average molecular weight is 2080 g/mol. The molecule has 146 heavy (non-hydrogen) atoms. The zero-order valence-corrected chi connectivity index (χ0v) is 92.8. The van der Waals surface area contributed by atoms with Crippen LogP contribution in [0.2, 0.25) is 0 Å². The van der Waals surface area contributed by atoms with Crippen molar-refractivity contribution < 1.29 is 154 Å². The maximum Gasteiger partial charge on any atom is 1.00 e. The Balaban J connectivity index is 0.000000252. The van der Waals surface area contributed by atoms with Gasteiger partial charge in [-0.1, -0.05) is 198 Å². The maximum absolute atomic E-state index is 12.4. The number of hydroxylamine groups is 2. The number of amides is 3. The third kappa shape index (κ3) is 30.6. The van der Waals surface area contributed by atoms with Gasteiger partial charge in [0.05, 0.1) is 64.5 Å². The standard InChI is InChI=1S/C55H65N3O8S2.C51H59N3O11S2.C8H11N.2Na/c1-54(2)49(57(35-15-18-38-67(60,61)62)47-31-28-42-22-13-14-23-45(42)52(47)54)24-10-6-11-25-50-55(3,4)53-46-40-44(30-27-43(46)29-32-48(53)58(50)36-16-19-39-68(63,64)65)66-37-17-7-12-26-51(59)56-34-33-41-20-8-5-9-21-41;1-50(2)43(52(30-12-15-33-66(58,59)60)41-26-23-36-17-10-11-18-39(36)48(41)50)19-7-5-8-20-44-51(3,4)49-40-35-38(64-32-14-6-9-21-47(57)65-54-45(55)28-29-46(54)56)25-22-37(40)24-27-42(49)53(44)31-13-16-34-67(61,62)63;9-7-6-8-4-2-1-3-5-8;;/h5-6,8-11,13-14,20-25,27-32,40H,7,12,15-19,26,33-39H2,1-4H3,(H2-,56,59,60,61,62,63,64,65);5,7-8,10-11,17-20,22-27,35H,6,9,12-16,21,28-34H2,1-4H3,(H-,58,59,60,61,62,63);1-5H,6-7,9H2;;/q;;;2*+1/p-2. The van der Waals surface area contributed by atoms with Gasteiger partial charge in [0.25, 0.3) is 11.8 Å². The van der Waals surface area contributed by atoms with E-state index in [1.165, 1.54) is 22.3 Å². The second-order valence-corrected chi connectivity index (χ2v) is 45.5. The zero-order chi connectivity index (χ0) is 103. The number of rotatable bonds is 46. The molecule has 15 rings (SSSR count). The summed E-state index contributed by atoms with van der Waals surface area (Å²) in [5.41, 5.74) is 19.0. The van der Waals surface area contributed by atoms with Crippen LogP contribution in [0.5, 0.6) is 11.5 Å². The average Bonchev–Trinajstić information content (AvgIpc) is 1.59. The third-order valence-corrected chi connectivity index (χ3v) is 30.5.